The number of nitrogens with one attached hydrogen (secondary N) is 2. The van der Waals surface area contributed by atoms with E-state index < -0.39 is 10.2 Å². The average molecular weight is 308 g/mol. The second kappa shape index (κ2) is 9.64. The molecule has 120 valence electrons. The van der Waals surface area contributed by atoms with Crippen molar-refractivity contribution in [1.82, 2.24) is 19.2 Å². The first-order chi connectivity index (χ1) is 9.56. The zero-order valence-corrected chi connectivity index (χ0v) is 13.4. The van der Waals surface area contributed by atoms with E-state index in [1.807, 2.05) is 6.92 Å². The summed E-state index contributed by atoms with van der Waals surface area (Å²) >= 11 is 0. The number of rotatable bonds is 10. The molecule has 1 heterocycles. The summed E-state index contributed by atoms with van der Waals surface area (Å²) in [4.78, 5) is 2.21. The van der Waals surface area contributed by atoms with Gasteiger partial charge < -0.3 is 10.1 Å². The smallest absolute Gasteiger partial charge is 0.279 e. The van der Waals surface area contributed by atoms with Crippen molar-refractivity contribution >= 4 is 10.2 Å². The minimum atomic E-state index is -3.35. The van der Waals surface area contributed by atoms with Crippen molar-refractivity contribution in [2.24, 2.45) is 0 Å². The highest BCUT2D eigenvalue weighted by Gasteiger charge is 2.17. The highest BCUT2D eigenvalue weighted by atomic mass is 32.2. The third kappa shape index (κ3) is 6.96. The van der Waals surface area contributed by atoms with E-state index in [1.54, 1.807) is 7.05 Å². The van der Waals surface area contributed by atoms with E-state index in [4.69, 9.17) is 4.74 Å². The van der Waals surface area contributed by atoms with Crippen LogP contribution in [0.2, 0.25) is 0 Å². The van der Waals surface area contributed by atoms with Crippen molar-refractivity contribution in [2.75, 3.05) is 66.1 Å². The van der Waals surface area contributed by atoms with E-state index in [-0.39, 0.29) is 0 Å². The summed E-state index contributed by atoms with van der Waals surface area (Å²) in [5.41, 5.74) is 0. The molecular formula is C12H28N4O3S. The van der Waals surface area contributed by atoms with Crippen molar-refractivity contribution in [1.29, 1.82) is 0 Å². The van der Waals surface area contributed by atoms with Crippen LogP contribution in [0.1, 0.15) is 13.3 Å². The van der Waals surface area contributed by atoms with E-state index in [9.17, 15) is 8.42 Å². The van der Waals surface area contributed by atoms with Gasteiger partial charge in [-0.15, -0.1) is 0 Å². The molecule has 0 amide bonds. The number of nitrogens with zero attached hydrogens (tertiary/aromatic N) is 2. The molecule has 1 aliphatic rings. The van der Waals surface area contributed by atoms with Gasteiger partial charge in [0, 0.05) is 39.8 Å². The maximum atomic E-state index is 12.0. The normalized spacial score (nSPS) is 17.8. The fraction of sp³-hybridized carbons (Fsp3) is 1.00. The Morgan fingerprint density at radius 1 is 1.25 bits per heavy atom. The van der Waals surface area contributed by atoms with Crippen LogP contribution in [0.3, 0.4) is 0 Å². The molecule has 0 aromatic carbocycles. The highest BCUT2D eigenvalue weighted by molar-refractivity contribution is 7.87. The molecular weight excluding hydrogens is 280 g/mol. The molecule has 20 heavy (non-hydrogen) atoms. The van der Waals surface area contributed by atoms with Crippen LogP contribution in [-0.4, -0.2) is 83.7 Å². The van der Waals surface area contributed by atoms with Crippen LogP contribution in [0.4, 0.5) is 0 Å². The molecule has 0 spiro atoms. The van der Waals surface area contributed by atoms with Gasteiger partial charge in [-0.1, -0.05) is 6.92 Å². The molecule has 0 saturated carbocycles. The van der Waals surface area contributed by atoms with Crippen LogP contribution >= 0.6 is 0 Å². The molecule has 7 nitrogen and oxygen atoms in total. The van der Waals surface area contributed by atoms with Crippen molar-refractivity contribution in [3.63, 3.8) is 0 Å². The number of hydrogen-bond donors (Lipinski definition) is 2. The number of ether oxygens (including phenoxy) is 1. The molecule has 0 aliphatic carbocycles. The Balaban J connectivity index is 2.18. The molecule has 0 aromatic rings. The van der Waals surface area contributed by atoms with E-state index >= 15 is 0 Å². The summed E-state index contributed by atoms with van der Waals surface area (Å²) in [5.74, 6) is 0. The van der Waals surface area contributed by atoms with Gasteiger partial charge in [0.2, 0.25) is 0 Å². The van der Waals surface area contributed by atoms with Crippen LogP contribution in [0.15, 0.2) is 0 Å². The Kier molecular flexibility index (Phi) is 8.58. The monoisotopic (exact) mass is 308 g/mol. The zero-order chi connectivity index (χ0) is 14.8. The molecule has 0 atom stereocenters. The van der Waals surface area contributed by atoms with Gasteiger partial charge in [-0.05, 0) is 19.5 Å². The Bertz CT molecular complexity index is 345. The lowest BCUT2D eigenvalue weighted by atomic mass is 10.4. The molecule has 2 N–H and O–H groups in total. The van der Waals surface area contributed by atoms with Crippen molar-refractivity contribution in [2.45, 2.75) is 13.3 Å². The largest absolute Gasteiger partial charge is 0.379 e. The molecule has 1 saturated heterocycles. The SMILES string of the molecule is CCNCCCN(C)S(=O)(=O)NCCN1CCOCC1. The summed E-state index contributed by atoms with van der Waals surface area (Å²) < 4.78 is 33.2. The topological polar surface area (TPSA) is 73.9 Å². The highest BCUT2D eigenvalue weighted by Crippen LogP contribution is 1.98. The van der Waals surface area contributed by atoms with Gasteiger partial charge in [0.25, 0.3) is 10.2 Å². The minimum Gasteiger partial charge on any atom is -0.379 e. The average Bonchev–Trinajstić information content (AvgIpc) is 2.44. The van der Waals surface area contributed by atoms with Crippen LogP contribution in [0.25, 0.3) is 0 Å². The first-order valence-corrected chi connectivity index (χ1v) is 8.72. The van der Waals surface area contributed by atoms with Gasteiger partial charge in [-0.2, -0.15) is 12.7 Å². The lowest BCUT2D eigenvalue weighted by molar-refractivity contribution is 0.0390. The van der Waals surface area contributed by atoms with E-state index in [2.05, 4.69) is 14.9 Å². The van der Waals surface area contributed by atoms with E-state index in [1.165, 1.54) is 4.31 Å². The van der Waals surface area contributed by atoms with Crippen molar-refractivity contribution < 1.29 is 13.2 Å². The Morgan fingerprint density at radius 2 is 1.95 bits per heavy atom. The van der Waals surface area contributed by atoms with Crippen LogP contribution in [0, 0.1) is 0 Å². The van der Waals surface area contributed by atoms with Gasteiger partial charge in [-0.25, -0.2) is 4.72 Å². The van der Waals surface area contributed by atoms with Gasteiger partial charge in [0.05, 0.1) is 13.2 Å². The first-order valence-electron chi connectivity index (χ1n) is 7.28. The summed E-state index contributed by atoms with van der Waals surface area (Å²) in [7, 11) is -1.74. The number of morpholine rings is 1. The third-order valence-electron chi connectivity index (χ3n) is 3.30. The summed E-state index contributed by atoms with van der Waals surface area (Å²) in [6.07, 6.45) is 0.814. The maximum Gasteiger partial charge on any atom is 0.279 e. The standard InChI is InChI=1S/C12H28N4O3S/c1-3-13-5-4-7-15(2)20(17,18)14-6-8-16-9-11-19-12-10-16/h13-14H,3-12H2,1-2H3. The predicted molar refractivity (Wildman–Crippen MR) is 80.0 cm³/mol. The third-order valence-corrected chi connectivity index (χ3v) is 4.88. The molecule has 0 radical (unpaired) electrons. The van der Waals surface area contributed by atoms with Gasteiger partial charge in [0.15, 0.2) is 0 Å². The van der Waals surface area contributed by atoms with E-state index in [0.29, 0.717) is 13.1 Å². The predicted octanol–water partition coefficient (Wildman–Crippen LogP) is -0.916. The van der Waals surface area contributed by atoms with Gasteiger partial charge >= 0.3 is 0 Å². The molecule has 1 fully saturated rings. The lowest BCUT2D eigenvalue weighted by Gasteiger charge is -2.27. The number of hydrogen-bond acceptors (Lipinski definition) is 5. The zero-order valence-electron chi connectivity index (χ0n) is 12.6. The fourth-order valence-electron chi connectivity index (χ4n) is 1.99. The van der Waals surface area contributed by atoms with Crippen LogP contribution in [-0.2, 0) is 14.9 Å². The van der Waals surface area contributed by atoms with Crippen LogP contribution < -0.4 is 10.0 Å². The Hall–Kier alpha value is -0.250. The summed E-state index contributed by atoms with van der Waals surface area (Å²) in [6.45, 7) is 8.70. The Morgan fingerprint density at radius 3 is 2.60 bits per heavy atom. The molecule has 0 bridgehead atoms. The maximum absolute atomic E-state index is 12.0. The molecule has 8 heteroatoms. The fourth-order valence-corrected chi connectivity index (χ4v) is 2.93. The second-order valence-electron chi connectivity index (χ2n) is 4.88. The summed E-state index contributed by atoms with van der Waals surface area (Å²) in [6, 6.07) is 0. The van der Waals surface area contributed by atoms with Crippen LogP contribution in [0.5, 0.6) is 0 Å². The molecule has 0 aromatic heterocycles. The van der Waals surface area contributed by atoms with Crippen molar-refractivity contribution in [3.05, 3.63) is 0 Å². The Labute approximate surface area is 122 Å². The quantitative estimate of drug-likeness (QED) is 0.511. The van der Waals surface area contributed by atoms with E-state index in [0.717, 1.165) is 52.4 Å². The van der Waals surface area contributed by atoms with Gasteiger partial charge in [0.1, 0.15) is 0 Å². The molecule has 1 aliphatic heterocycles. The van der Waals surface area contributed by atoms with Crippen molar-refractivity contribution in [3.8, 4) is 0 Å². The minimum absolute atomic E-state index is 0.444. The second-order valence-corrected chi connectivity index (χ2v) is 6.74. The first kappa shape index (κ1) is 17.8. The van der Waals surface area contributed by atoms with Gasteiger partial charge in [-0.3, -0.25) is 4.90 Å². The molecule has 0 unspecified atom stereocenters. The summed E-state index contributed by atoms with van der Waals surface area (Å²) in [5, 5.41) is 3.18. The molecule has 1 rings (SSSR count). The lowest BCUT2D eigenvalue weighted by Crippen LogP contribution is -2.44.